The normalized spacial score (nSPS) is 19.9. The number of nitrogens with zero attached hydrogens (tertiary/aromatic N) is 1. The third-order valence-corrected chi connectivity index (χ3v) is 5.43. The molecule has 0 aliphatic carbocycles. The van der Waals surface area contributed by atoms with Gasteiger partial charge in [0.2, 0.25) is 0 Å². The Balaban J connectivity index is 1.72. The van der Waals surface area contributed by atoms with Gasteiger partial charge in [0, 0.05) is 32.0 Å². The van der Waals surface area contributed by atoms with Crippen molar-refractivity contribution in [2.45, 2.75) is 31.7 Å². The molecule has 0 saturated carbocycles. The largest absolute Gasteiger partial charge is 0.496 e. The fraction of sp³-hybridized carbons (Fsp3) is 0.375. The zero-order valence-electron chi connectivity index (χ0n) is 16.5. The fourth-order valence-electron chi connectivity index (χ4n) is 4.09. The van der Waals surface area contributed by atoms with Gasteiger partial charge in [0.25, 0.3) is 0 Å². The molecule has 4 heteroatoms. The molecule has 1 N–H and O–H groups in total. The number of carboxylic acids is 1. The Hall–Kier alpha value is -2.59. The number of likely N-dealkylation sites (tertiary alicyclic amines) is 1. The molecule has 0 aromatic heterocycles. The lowest BCUT2D eigenvalue weighted by molar-refractivity contribution is -0.136. The lowest BCUT2D eigenvalue weighted by Crippen LogP contribution is -2.20. The molecule has 0 bridgehead atoms. The van der Waals surface area contributed by atoms with Crippen molar-refractivity contribution in [2.24, 2.45) is 5.92 Å². The summed E-state index contributed by atoms with van der Waals surface area (Å²) in [6.07, 6.45) is 5.90. The molecule has 148 valence electrons. The molecule has 1 aliphatic heterocycles. The number of para-hydroxylation sites is 1. The Morgan fingerprint density at radius 1 is 1.11 bits per heavy atom. The number of hydrogen-bond acceptors (Lipinski definition) is 3. The third-order valence-electron chi connectivity index (χ3n) is 5.43. The Morgan fingerprint density at radius 2 is 1.86 bits per heavy atom. The highest BCUT2D eigenvalue weighted by atomic mass is 16.5. The number of carboxylic acid groups (broad SMARTS) is 1. The van der Waals surface area contributed by atoms with Crippen molar-refractivity contribution in [1.29, 1.82) is 0 Å². The molecule has 0 amide bonds. The second kappa shape index (κ2) is 10.1. The topological polar surface area (TPSA) is 49.8 Å². The van der Waals surface area contributed by atoms with Crippen LogP contribution in [0.4, 0.5) is 0 Å². The van der Waals surface area contributed by atoms with Gasteiger partial charge in [0.15, 0.2) is 0 Å². The van der Waals surface area contributed by atoms with Crippen LogP contribution in [0.2, 0.25) is 0 Å². The maximum atomic E-state index is 10.7. The molecule has 1 fully saturated rings. The first-order chi connectivity index (χ1) is 13.7. The van der Waals surface area contributed by atoms with E-state index in [1.165, 1.54) is 11.1 Å². The van der Waals surface area contributed by atoms with Gasteiger partial charge < -0.3 is 9.84 Å². The molecular formula is C24H29NO3. The van der Waals surface area contributed by atoms with Gasteiger partial charge in [-0.05, 0) is 36.0 Å². The minimum atomic E-state index is -0.744. The van der Waals surface area contributed by atoms with E-state index in [4.69, 9.17) is 9.84 Å². The molecule has 1 aliphatic rings. The standard InChI is InChI=1S/C24H29NO3/c1-28-23-14-9-8-13-21(23)22-18-25(16-19-10-4-2-5-11-19)17-20(22)12-6-3-7-15-24(26)27/h2-6,8-11,13-14,20,22H,7,12,15-18H2,1H3,(H,26,27)/b6-3-. The number of aliphatic carboxylic acids is 1. The maximum absolute atomic E-state index is 10.7. The summed E-state index contributed by atoms with van der Waals surface area (Å²) in [5.74, 6) is 1.10. The highest BCUT2D eigenvalue weighted by Gasteiger charge is 2.34. The third kappa shape index (κ3) is 5.46. The predicted octanol–water partition coefficient (Wildman–Crippen LogP) is 4.72. The van der Waals surface area contributed by atoms with Gasteiger partial charge in [0.05, 0.1) is 7.11 Å². The highest BCUT2D eigenvalue weighted by molar-refractivity contribution is 5.66. The number of allylic oxidation sites excluding steroid dienone is 2. The number of carbonyl (C=O) groups is 1. The summed E-state index contributed by atoms with van der Waals surface area (Å²) in [5.41, 5.74) is 2.60. The van der Waals surface area contributed by atoms with E-state index in [-0.39, 0.29) is 6.42 Å². The Labute approximate surface area is 167 Å². The average Bonchev–Trinajstić information content (AvgIpc) is 3.10. The zero-order chi connectivity index (χ0) is 19.8. The van der Waals surface area contributed by atoms with Crippen LogP contribution in [0.5, 0.6) is 5.75 Å². The van der Waals surface area contributed by atoms with Crippen molar-refractivity contribution in [1.82, 2.24) is 4.90 Å². The van der Waals surface area contributed by atoms with Crippen LogP contribution in [0.15, 0.2) is 66.7 Å². The van der Waals surface area contributed by atoms with Crippen molar-refractivity contribution in [3.05, 3.63) is 77.9 Å². The van der Waals surface area contributed by atoms with Gasteiger partial charge in [0.1, 0.15) is 5.75 Å². The summed E-state index contributed by atoms with van der Waals surface area (Å²) in [6.45, 7) is 2.98. The summed E-state index contributed by atoms with van der Waals surface area (Å²) in [6, 6.07) is 18.9. The Morgan fingerprint density at radius 3 is 2.61 bits per heavy atom. The van der Waals surface area contributed by atoms with Crippen LogP contribution in [0.25, 0.3) is 0 Å². The molecule has 1 heterocycles. The van der Waals surface area contributed by atoms with E-state index in [0.29, 0.717) is 18.3 Å². The SMILES string of the molecule is COc1ccccc1C1CN(Cc2ccccc2)CC1C/C=C\CCC(=O)O. The van der Waals surface area contributed by atoms with Crippen LogP contribution >= 0.6 is 0 Å². The van der Waals surface area contributed by atoms with E-state index in [1.807, 2.05) is 18.2 Å². The lowest BCUT2D eigenvalue weighted by atomic mass is 9.86. The van der Waals surface area contributed by atoms with E-state index in [1.54, 1.807) is 7.11 Å². The average molecular weight is 380 g/mol. The van der Waals surface area contributed by atoms with Gasteiger partial charge in [-0.3, -0.25) is 9.69 Å². The van der Waals surface area contributed by atoms with Crippen LogP contribution in [0, 0.1) is 5.92 Å². The summed E-state index contributed by atoms with van der Waals surface area (Å²) in [5, 5.41) is 8.79. The van der Waals surface area contributed by atoms with Gasteiger partial charge in [-0.15, -0.1) is 0 Å². The van der Waals surface area contributed by atoms with Gasteiger partial charge in [-0.2, -0.15) is 0 Å². The highest BCUT2D eigenvalue weighted by Crippen LogP contribution is 2.39. The summed E-state index contributed by atoms with van der Waals surface area (Å²) >= 11 is 0. The van der Waals surface area contributed by atoms with Gasteiger partial charge >= 0.3 is 5.97 Å². The number of ether oxygens (including phenoxy) is 1. The van der Waals surface area contributed by atoms with Crippen LogP contribution in [-0.4, -0.2) is 36.2 Å². The zero-order valence-corrected chi connectivity index (χ0v) is 16.5. The summed E-state index contributed by atoms with van der Waals surface area (Å²) in [4.78, 5) is 13.2. The van der Waals surface area contributed by atoms with E-state index in [2.05, 4.69) is 53.4 Å². The van der Waals surface area contributed by atoms with Crippen molar-refractivity contribution in [3.63, 3.8) is 0 Å². The fourth-order valence-corrected chi connectivity index (χ4v) is 4.09. The predicted molar refractivity (Wildman–Crippen MR) is 112 cm³/mol. The molecule has 0 radical (unpaired) electrons. The number of hydrogen-bond donors (Lipinski definition) is 1. The Kier molecular flexibility index (Phi) is 7.26. The van der Waals surface area contributed by atoms with E-state index >= 15 is 0 Å². The molecule has 2 unspecified atom stereocenters. The first kappa shape index (κ1) is 20.2. The van der Waals surface area contributed by atoms with E-state index < -0.39 is 5.97 Å². The first-order valence-corrected chi connectivity index (χ1v) is 9.93. The molecule has 1 saturated heterocycles. The van der Waals surface area contributed by atoms with E-state index in [9.17, 15) is 4.79 Å². The molecule has 0 spiro atoms. The molecule has 3 rings (SSSR count). The second-order valence-corrected chi connectivity index (χ2v) is 7.43. The number of rotatable bonds is 9. The van der Waals surface area contributed by atoms with Crippen molar-refractivity contribution in [3.8, 4) is 5.75 Å². The molecule has 2 aromatic carbocycles. The molecular weight excluding hydrogens is 350 g/mol. The minimum absolute atomic E-state index is 0.192. The lowest BCUT2D eigenvalue weighted by Gasteiger charge is -2.20. The number of methoxy groups -OCH3 is 1. The quantitative estimate of drug-likeness (QED) is 0.641. The summed E-state index contributed by atoms with van der Waals surface area (Å²) < 4.78 is 5.63. The van der Waals surface area contributed by atoms with Crippen LogP contribution in [-0.2, 0) is 11.3 Å². The van der Waals surface area contributed by atoms with Gasteiger partial charge in [-0.25, -0.2) is 0 Å². The van der Waals surface area contributed by atoms with Crippen molar-refractivity contribution in [2.75, 3.05) is 20.2 Å². The van der Waals surface area contributed by atoms with Crippen LogP contribution < -0.4 is 4.74 Å². The minimum Gasteiger partial charge on any atom is -0.496 e. The smallest absolute Gasteiger partial charge is 0.303 e. The van der Waals surface area contributed by atoms with Gasteiger partial charge in [-0.1, -0.05) is 60.7 Å². The molecule has 2 atom stereocenters. The molecule has 28 heavy (non-hydrogen) atoms. The van der Waals surface area contributed by atoms with Crippen LogP contribution in [0.3, 0.4) is 0 Å². The molecule has 4 nitrogen and oxygen atoms in total. The van der Waals surface area contributed by atoms with Crippen molar-refractivity contribution >= 4 is 5.97 Å². The monoisotopic (exact) mass is 379 g/mol. The Bertz CT molecular complexity index is 787. The summed E-state index contributed by atoms with van der Waals surface area (Å²) in [7, 11) is 1.73. The van der Waals surface area contributed by atoms with E-state index in [0.717, 1.165) is 31.8 Å². The number of benzene rings is 2. The van der Waals surface area contributed by atoms with Crippen molar-refractivity contribution < 1.29 is 14.6 Å². The maximum Gasteiger partial charge on any atom is 0.303 e. The second-order valence-electron chi connectivity index (χ2n) is 7.43. The van der Waals surface area contributed by atoms with Crippen LogP contribution in [0.1, 0.15) is 36.3 Å². The molecule has 2 aromatic rings. The first-order valence-electron chi connectivity index (χ1n) is 9.93.